The second kappa shape index (κ2) is 10.1. The van der Waals surface area contributed by atoms with E-state index in [-0.39, 0.29) is 36.5 Å². The maximum atomic E-state index is 12.7. The van der Waals surface area contributed by atoms with Gasteiger partial charge in [0.25, 0.3) is 0 Å². The molecular formula is C22H22N2O6S. The van der Waals surface area contributed by atoms with Crippen LogP contribution >= 0.6 is 11.8 Å². The molecule has 1 N–H and O–H groups in total. The number of anilines is 2. The Bertz CT molecular complexity index is 992. The van der Waals surface area contributed by atoms with Gasteiger partial charge in [-0.1, -0.05) is 12.1 Å². The molecule has 1 saturated heterocycles. The summed E-state index contributed by atoms with van der Waals surface area (Å²) in [5.74, 6) is -0.960. The Morgan fingerprint density at radius 2 is 1.84 bits per heavy atom. The molecule has 1 fully saturated rings. The molecule has 31 heavy (non-hydrogen) atoms. The average Bonchev–Trinajstić information content (AvgIpc) is 3.06. The summed E-state index contributed by atoms with van der Waals surface area (Å²) in [5, 5.41) is 2.09. The van der Waals surface area contributed by atoms with Crippen molar-refractivity contribution in [3.63, 3.8) is 0 Å². The lowest BCUT2D eigenvalue weighted by molar-refractivity contribution is -0.121. The van der Waals surface area contributed by atoms with Crippen LogP contribution < -0.4 is 15.0 Å². The zero-order valence-electron chi connectivity index (χ0n) is 17.1. The number of hydrogen-bond acceptors (Lipinski definition) is 7. The zero-order chi connectivity index (χ0) is 22.4. The number of esters is 1. The molecule has 0 radical (unpaired) electrons. The molecule has 9 heteroatoms. The fourth-order valence-electron chi connectivity index (χ4n) is 3.08. The predicted octanol–water partition coefficient (Wildman–Crippen LogP) is 2.88. The molecule has 3 rings (SSSR count). The number of nitrogens with one attached hydrogen (secondary N) is 1. The maximum absolute atomic E-state index is 12.7. The first-order chi connectivity index (χ1) is 14.9. The quantitative estimate of drug-likeness (QED) is 0.495. The van der Waals surface area contributed by atoms with Crippen LogP contribution in [0.4, 0.5) is 11.4 Å². The standard InChI is InChI=1S/C22H22N2O6S/c1-3-30-22(28)14-8-10-15(11-9-14)24-20(26)12-18(21(24)27)31-13-19(25)23-16-6-4-5-7-17(16)29-2/h4-11,18H,3,12-13H2,1-2H3,(H,23,25). The van der Waals surface area contributed by atoms with Gasteiger partial charge in [-0.2, -0.15) is 0 Å². The molecular weight excluding hydrogens is 420 g/mol. The molecule has 2 aromatic rings. The Morgan fingerprint density at radius 1 is 1.13 bits per heavy atom. The third kappa shape index (κ3) is 5.24. The Labute approximate surface area is 183 Å². The lowest BCUT2D eigenvalue weighted by Gasteiger charge is -2.15. The van der Waals surface area contributed by atoms with E-state index in [1.807, 2.05) is 0 Å². The van der Waals surface area contributed by atoms with Crippen molar-refractivity contribution in [2.24, 2.45) is 0 Å². The first-order valence-corrected chi connectivity index (χ1v) is 10.7. The number of thioether (sulfide) groups is 1. The highest BCUT2D eigenvalue weighted by Gasteiger charge is 2.40. The zero-order valence-corrected chi connectivity index (χ0v) is 17.9. The minimum atomic E-state index is -0.652. The minimum absolute atomic E-state index is 0.00503. The van der Waals surface area contributed by atoms with Crippen molar-refractivity contribution in [3.05, 3.63) is 54.1 Å². The van der Waals surface area contributed by atoms with Gasteiger partial charge in [0.05, 0.1) is 41.7 Å². The summed E-state index contributed by atoms with van der Waals surface area (Å²) in [6.07, 6.45) is 0.00503. The van der Waals surface area contributed by atoms with E-state index in [0.29, 0.717) is 22.7 Å². The minimum Gasteiger partial charge on any atom is -0.495 e. The van der Waals surface area contributed by atoms with Gasteiger partial charge < -0.3 is 14.8 Å². The van der Waals surface area contributed by atoms with Gasteiger partial charge in [-0.25, -0.2) is 9.69 Å². The van der Waals surface area contributed by atoms with Crippen LogP contribution in [0.3, 0.4) is 0 Å². The first kappa shape index (κ1) is 22.4. The monoisotopic (exact) mass is 442 g/mol. The number of methoxy groups -OCH3 is 1. The molecule has 2 aromatic carbocycles. The van der Waals surface area contributed by atoms with Crippen LogP contribution in [0, 0.1) is 0 Å². The molecule has 3 amide bonds. The molecule has 1 aliphatic rings. The molecule has 162 valence electrons. The van der Waals surface area contributed by atoms with Crippen molar-refractivity contribution >= 4 is 46.8 Å². The van der Waals surface area contributed by atoms with Gasteiger partial charge in [0.2, 0.25) is 17.7 Å². The Balaban J connectivity index is 1.60. The first-order valence-electron chi connectivity index (χ1n) is 9.63. The lowest BCUT2D eigenvalue weighted by Crippen LogP contribution is -2.31. The van der Waals surface area contributed by atoms with Gasteiger partial charge >= 0.3 is 5.97 Å². The fraction of sp³-hybridized carbons (Fsp3) is 0.273. The van der Waals surface area contributed by atoms with E-state index in [9.17, 15) is 19.2 Å². The number of carbonyl (C=O) groups excluding carboxylic acids is 4. The highest BCUT2D eigenvalue weighted by atomic mass is 32.2. The smallest absolute Gasteiger partial charge is 0.338 e. The van der Waals surface area contributed by atoms with Crippen molar-refractivity contribution < 1.29 is 28.7 Å². The number of ether oxygens (including phenoxy) is 2. The van der Waals surface area contributed by atoms with E-state index in [1.54, 1.807) is 31.2 Å². The average molecular weight is 442 g/mol. The summed E-state index contributed by atoms with van der Waals surface area (Å²) in [6.45, 7) is 1.97. The lowest BCUT2D eigenvalue weighted by atomic mass is 10.2. The summed E-state index contributed by atoms with van der Waals surface area (Å²) in [4.78, 5) is 50.3. The van der Waals surface area contributed by atoms with Gasteiger partial charge in [-0.3, -0.25) is 14.4 Å². The highest BCUT2D eigenvalue weighted by molar-refractivity contribution is 8.01. The van der Waals surface area contributed by atoms with Crippen LogP contribution in [0.5, 0.6) is 5.75 Å². The molecule has 8 nitrogen and oxygen atoms in total. The number of rotatable bonds is 8. The summed E-state index contributed by atoms with van der Waals surface area (Å²) < 4.78 is 10.1. The van der Waals surface area contributed by atoms with Crippen LogP contribution in [0.15, 0.2) is 48.5 Å². The number of hydrogen-bond donors (Lipinski definition) is 1. The maximum Gasteiger partial charge on any atom is 0.338 e. The van der Waals surface area contributed by atoms with Crippen molar-refractivity contribution in [1.82, 2.24) is 0 Å². The summed E-state index contributed by atoms with van der Waals surface area (Å²) in [6, 6.07) is 13.1. The fourth-order valence-corrected chi connectivity index (χ4v) is 4.01. The van der Waals surface area contributed by atoms with Gasteiger partial charge in [-0.15, -0.1) is 11.8 Å². The third-order valence-electron chi connectivity index (χ3n) is 4.54. The topological polar surface area (TPSA) is 102 Å². The van der Waals surface area contributed by atoms with Crippen molar-refractivity contribution in [1.29, 1.82) is 0 Å². The molecule has 1 unspecified atom stereocenters. The predicted molar refractivity (Wildman–Crippen MR) is 117 cm³/mol. The molecule has 1 atom stereocenters. The summed E-state index contributed by atoms with van der Waals surface area (Å²) >= 11 is 1.11. The molecule has 0 spiro atoms. The number of benzene rings is 2. The molecule has 0 aromatic heterocycles. The van der Waals surface area contributed by atoms with Crippen LogP contribution in [0.25, 0.3) is 0 Å². The van der Waals surface area contributed by atoms with Gasteiger partial charge in [-0.05, 0) is 43.3 Å². The number of amides is 3. The largest absolute Gasteiger partial charge is 0.495 e. The van der Waals surface area contributed by atoms with Crippen molar-refractivity contribution in [2.45, 2.75) is 18.6 Å². The van der Waals surface area contributed by atoms with Crippen LogP contribution in [-0.2, 0) is 19.1 Å². The van der Waals surface area contributed by atoms with Crippen molar-refractivity contribution in [2.75, 3.05) is 29.7 Å². The number of para-hydroxylation sites is 2. The Morgan fingerprint density at radius 3 is 2.52 bits per heavy atom. The SMILES string of the molecule is CCOC(=O)c1ccc(N2C(=O)CC(SCC(=O)Nc3ccccc3OC)C2=O)cc1. The number of nitrogens with zero attached hydrogens (tertiary/aromatic N) is 1. The summed E-state index contributed by atoms with van der Waals surface area (Å²) in [5.41, 5.74) is 1.25. The second-order valence-corrected chi connectivity index (χ2v) is 7.78. The van der Waals surface area contributed by atoms with E-state index in [1.165, 1.54) is 31.4 Å². The van der Waals surface area contributed by atoms with Crippen LogP contribution in [0.2, 0.25) is 0 Å². The normalized spacial score (nSPS) is 15.7. The highest BCUT2D eigenvalue weighted by Crippen LogP contribution is 2.30. The van der Waals surface area contributed by atoms with E-state index >= 15 is 0 Å². The van der Waals surface area contributed by atoms with E-state index in [4.69, 9.17) is 9.47 Å². The van der Waals surface area contributed by atoms with E-state index in [2.05, 4.69) is 5.32 Å². The summed E-state index contributed by atoms with van der Waals surface area (Å²) in [7, 11) is 1.51. The number of carbonyl (C=O) groups is 4. The van der Waals surface area contributed by atoms with Crippen LogP contribution in [-0.4, -0.2) is 48.4 Å². The Kier molecular flexibility index (Phi) is 7.30. The molecule has 0 bridgehead atoms. The van der Waals surface area contributed by atoms with Gasteiger partial charge in [0, 0.05) is 6.42 Å². The van der Waals surface area contributed by atoms with Gasteiger partial charge in [0.1, 0.15) is 5.75 Å². The third-order valence-corrected chi connectivity index (χ3v) is 5.74. The van der Waals surface area contributed by atoms with Crippen LogP contribution in [0.1, 0.15) is 23.7 Å². The Hall–Kier alpha value is -3.33. The number of imide groups is 1. The molecule has 0 aliphatic carbocycles. The van der Waals surface area contributed by atoms with E-state index in [0.717, 1.165) is 16.7 Å². The van der Waals surface area contributed by atoms with Gasteiger partial charge in [0.15, 0.2) is 0 Å². The molecule has 1 aliphatic heterocycles. The second-order valence-electron chi connectivity index (χ2n) is 6.59. The molecule has 1 heterocycles. The molecule has 0 saturated carbocycles. The van der Waals surface area contributed by atoms with E-state index < -0.39 is 11.2 Å². The van der Waals surface area contributed by atoms with Crippen molar-refractivity contribution in [3.8, 4) is 5.75 Å².